The molecule has 0 atom stereocenters. The highest BCUT2D eigenvalue weighted by Crippen LogP contribution is 2.36. The lowest BCUT2D eigenvalue weighted by Crippen LogP contribution is -2.20. The molecule has 0 fully saturated rings. The fourth-order valence-corrected chi connectivity index (χ4v) is 2.36. The molecule has 132 valence electrons. The van der Waals surface area contributed by atoms with Crippen LogP contribution in [-0.2, 0) is 4.79 Å². The van der Waals surface area contributed by atoms with E-state index in [1.165, 1.54) is 31.4 Å². The Morgan fingerprint density at radius 3 is 2.52 bits per heavy atom. The number of ether oxygens (including phenoxy) is 2. The Morgan fingerprint density at radius 2 is 1.92 bits per heavy atom. The van der Waals surface area contributed by atoms with Crippen molar-refractivity contribution in [3.05, 3.63) is 51.8 Å². The molecule has 6 nitrogen and oxygen atoms in total. The van der Waals surface area contributed by atoms with E-state index in [0.717, 1.165) is 6.07 Å². The molecular formula is C16H13Cl2FN2O4. The maximum absolute atomic E-state index is 13.2. The summed E-state index contributed by atoms with van der Waals surface area (Å²) >= 11 is 11.8. The zero-order valence-electron chi connectivity index (χ0n) is 12.9. The Hall–Kier alpha value is -2.51. The molecule has 0 aliphatic carbocycles. The van der Waals surface area contributed by atoms with Crippen molar-refractivity contribution >= 4 is 40.7 Å². The van der Waals surface area contributed by atoms with Crippen molar-refractivity contribution in [2.75, 3.05) is 19.0 Å². The lowest BCUT2D eigenvalue weighted by Gasteiger charge is -2.13. The summed E-state index contributed by atoms with van der Waals surface area (Å²) in [5.74, 6) is -1.57. The van der Waals surface area contributed by atoms with Gasteiger partial charge in [-0.25, -0.2) is 4.39 Å². The highest BCUT2D eigenvalue weighted by molar-refractivity contribution is 6.33. The summed E-state index contributed by atoms with van der Waals surface area (Å²) in [7, 11) is 1.35. The van der Waals surface area contributed by atoms with E-state index in [1.54, 1.807) is 0 Å². The van der Waals surface area contributed by atoms with Gasteiger partial charge in [0.05, 0.1) is 17.2 Å². The van der Waals surface area contributed by atoms with Gasteiger partial charge in [0.15, 0.2) is 18.1 Å². The molecule has 2 aromatic carbocycles. The second-order valence-corrected chi connectivity index (χ2v) is 5.64. The third-order valence-corrected chi connectivity index (χ3v) is 3.60. The third kappa shape index (κ3) is 4.74. The Morgan fingerprint density at radius 1 is 1.20 bits per heavy atom. The van der Waals surface area contributed by atoms with Gasteiger partial charge in [-0.15, -0.1) is 0 Å². The van der Waals surface area contributed by atoms with Gasteiger partial charge in [-0.1, -0.05) is 23.2 Å². The fourth-order valence-electron chi connectivity index (χ4n) is 1.91. The molecule has 3 N–H and O–H groups in total. The van der Waals surface area contributed by atoms with Crippen LogP contribution >= 0.6 is 23.2 Å². The predicted molar refractivity (Wildman–Crippen MR) is 92.1 cm³/mol. The summed E-state index contributed by atoms with van der Waals surface area (Å²) in [5.41, 5.74) is 5.49. The van der Waals surface area contributed by atoms with Crippen LogP contribution in [0.3, 0.4) is 0 Å². The van der Waals surface area contributed by atoms with Gasteiger partial charge >= 0.3 is 0 Å². The van der Waals surface area contributed by atoms with E-state index >= 15 is 0 Å². The Bertz CT molecular complexity index is 830. The minimum Gasteiger partial charge on any atom is -0.493 e. The number of halogens is 3. The van der Waals surface area contributed by atoms with Gasteiger partial charge < -0.3 is 20.5 Å². The van der Waals surface area contributed by atoms with Gasteiger partial charge in [-0.2, -0.15) is 0 Å². The fraction of sp³-hybridized carbons (Fsp3) is 0.125. The number of methoxy groups -OCH3 is 1. The largest absolute Gasteiger partial charge is 0.493 e. The quantitative estimate of drug-likeness (QED) is 0.796. The topological polar surface area (TPSA) is 90.7 Å². The van der Waals surface area contributed by atoms with E-state index in [1.807, 2.05) is 0 Å². The molecule has 0 saturated carbocycles. The number of carbonyl (C=O) groups is 2. The van der Waals surface area contributed by atoms with Crippen molar-refractivity contribution in [3.63, 3.8) is 0 Å². The summed E-state index contributed by atoms with van der Waals surface area (Å²) in [6.07, 6.45) is 0. The van der Waals surface area contributed by atoms with E-state index in [-0.39, 0.29) is 27.1 Å². The van der Waals surface area contributed by atoms with Gasteiger partial charge in [0.2, 0.25) is 0 Å². The molecule has 2 aromatic rings. The van der Waals surface area contributed by atoms with Crippen LogP contribution in [0.1, 0.15) is 10.4 Å². The zero-order chi connectivity index (χ0) is 18.6. The number of amides is 2. The second kappa shape index (κ2) is 8.04. The van der Waals surface area contributed by atoms with E-state index in [9.17, 15) is 14.0 Å². The molecule has 0 aliphatic heterocycles. The number of nitrogens with one attached hydrogen (secondary N) is 1. The number of anilines is 1. The third-order valence-electron chi connectivity index (χ3n) is 3.03. The highest BCUT2D eigenvalue weighted by atomic mass is 35.5. The average molecular weight is 387 g/mol. The van der Waals surface area contributed by atoms with Crippen LogP contribution in [0.15, 0.2) is 30.3 Å². The van der Waals surface area contributed by atoms with Gasteiger partial charge in [-0.05, 0) is 30.3 Å². The maximum Gasteiger partial charge on any atom is 0.255 e. The van der Waals surface area contributed by atoms with Crippen molar-refractivity contribution in [2.45, 2.75) is 0 Å². The summed E-state index contributed by atoms with van der Waals surface area (Å²) in [6.45, 7) is -0.393. The van der Waals surface area contributed by atoms with E-state index < -0.39 is 24.2 Å². The molecule has 0 radical (unpaired) electrons. The first kappa shape index (κ1) is 18.8. The number of benzene rings is 2. The molecule has 0 aromatic heterocycles. The zero-order valence-corrected chi connectivity index (χ0v) is 14.4. The molecule has 0 aliphatic rings. The van der Waals surface area contributed by atoms with E-state index in [2.05, 4.69) is 5.32 Å². The summed E-state index contributed by atoms with van der Waals surface area (Å²) in [6, 6.07) is 6.48. The van der Waals surface area contributed by atoms with Crippen LogP contribution in [0, 0.1) is 5.82 Å². The van der Waals surface area contributed by atoms with Crippen LogP contribution in [0.4, 0.5) is 10.1 Å². The molecule has 0 heterocycles. The number of rotatable bonds is 6. The second-order valence-electron chi connectivity index (χ2n) is 4.83. The molecule has 2 rings (SSSR count). The summed E-state index contributed by atoms with van der Waals surface area (Å²) in [5, 5.41) is 2.49. The van der Waals surface area contributed by atoms with Gasteiger partial charge in [0.1, 0.15) is 5.82 Å². The number of hydrogen-bond acceptors (Lipinski definition) is 4. The molecule has 9 heteroatoms. The monoisotopic (exact) mass is 386 g/mol. The lowest BCUT2D eigenvalue weighted by molar-refractivity contribution is -0.119. The van der Waals surface area contributed by atoms with E-state index in [4.69, 9.17) is 38.4 Å². The Labute approximate surface area is 152 Å². The minimum absolute atomic E-state index is 0.0582. The van der Waals surface area contributed by atoms with Crippen molar-refractivity contribution in [1.82, 2.24) is 0 Å². The van der Waals surface area contributed by atoms with Gasteiger partial charge in [0, 0.05) is 11.3 Å². The van der Waals surface area contributed by atoms with Crippen LogP contribution in [0.25, 0.3) is 0 Å². The van der Waals surface area contributed by atoms with Crippen molar-refractivity contribution in [2.24, 2.45) is 5.73 Å². The van der Waals surface area contributed by atoms with Gasteiger partial charge in [-0.3, -0.25) is 9.59 Å². The van der Waals surface area contributed by atoms with E-state index in [0.29, 0.717) is 5.69 Å². The maximum atomic E-state index is 13.2. The molecule has 0 unspecified atom stereocenters. The van der Waals surface area contributed by atoms with Crippen LogP contribution < -0.4 is 20.5 Å². The Kier molecular flexibility index (Phi) is 6.06. The average Bonchev–Trinajstić information content (AvgIpc) is 2.56. The first-order valence-corrected chi connectivity index (χ1v) is 7.62. The Balaban J connectivity index is 2.26. The van der Waals surface area contributed by atoms with Gasteiger partial charge in [0.25, 0.3) is 11.8 Å². The summed E-state index contributed by atoms with van der Waals surface area (Å²) in [4.78, 5) is 23.2. The normalized spacial score (nSPS) is 10.2. The van der Waals surface area contributed by atoms with Crippen molar-refractivity contribution < 1.29 is 23.5 Å². The predicted octanol–water partition coefficient (Wildman–Crippen LogP) is 3.26. The number of nitrogens with two attached hydrogens (primary N) is 1. The lowest BCUT2D eigenvalue weighted by atomic mass is 10.1. The van der Waals surface area contributed by atoms with Crippen molar-refractivity contribution in [3.8, 4) is 11.5 Å². The van der Waals surface area contributed by atoms with Crippen LogP contribution in [0.2, 0.25) is 10.0 Å². The molecule has 0 bridgehead atoms. The first-order valence-electron chi connectivity index (χ1n) is 6.87. The van der Waals surface area contributed by atoms with Crippen molar-refractivity contribution in [1.29, 1.82) is 0 Å². The SMILES string of the molecule is COc1cc(C(=O)Nc2ccc(F)c(Cl)c2)cc(Cl)c1OCC(N)=O. The number of hydrogen-bond donors (Lipinski definition) is 2. The summed E-state index contributed by atoms with van der Waals surface area (Å²) < 4.78 is 23.5. The highest BCUT2D eigenvalue weighted by Gasteiger charge is 2.17. The molecule has 2 amide bonds. The molecule has 0 spiro atoms. The van der Waals surface area contributed by atoms with Crippen LogP contribution in [-0.4, -0.2) is 25.5 Å². The minimum atomic E-state index is -0.687. The standard InChI is InChI=1S/C16H13Cl2FN2O4/c1-24-13-5-8(4-11(18)15(13)25-7-14(20)22)16(23)21-9-2-3-12(19)10(17)6-9/h2-6H,7H2,1H3,(H2,20,22)(H,21,23). The number of carbonyl (C=O) groups excluding carboxylic acids is 2. The molecule has 25 heavy (non-hydrogen) atoms. The first-order chi connectivity index (χ1) is 11.8. The molecular weight excluding hydrogens is 374 g/mol. The number of primary amides is 1. The molecule has 0 saturated heterocycles. The van der Waals surface area contributed by atoms with Crippen LogP contribution in [0.5, 0.6) is 11.5 Å². The smallest absolute Gasteiger partial charge is 0.255 e.